The van der Waals surface area contributed by atoms with Crippen LogP contribution in [0.3, 0.4) is 0 Å². The van der Waals surface area contributed by atoms with E-state index in [-0.39, 0.29) is 11.7 Å². The van der Waals surface area contributed by atoms with Crippen LogP contribution in [0.25, 0.3) is 0 Å². The molecule has 2 aromatic rings. The molecule has 2 rings (SSSR count). The summed E-state index contributed by atoms with van der Waals surface area (Å²) in [5.41, 5.74) is 6.18. The fourth-order valence-electron chi connectivity index (χ4n) is 2.40. The van der Waals surface area contributed by atoms with Crippen molar-refractivity contribution < 1.29 is 19.1 Å². The molecule has 0 aromatic heterocycles. The summed E-state index contributed by atoms with van der Waals surface area (Å²) in [6.07, 6.45) is 0.960. The molecule has 0 aliphatic carbocycles. The number of aryl methyl sites for hydroxylation is 1. The van der Waals surface area contributed by atoms with Crippen LogP contribution >= 0.6 is 28.1 Å². The second-order valence-corrected chi connectivity index (χ2v) is 8.53. The van der Waals surface area contributed by atoms with Gasteiger partial charge < -0.3 is 9.47 Å². The molecular weight excluding hydrogens is 482 g/mol. The zero-order valence-electron chi connectivity index (χ0n) is 17.7. The van der Waals surface area contributed by atoms with E-state index in [1.54, 1.807) is 30.3 Å². The highest BCUT2D eigenvalue weighted by Gasteiger charge is 2.10. The van der Waals surface area contributed by atoms with E-state index < -0.39 is 11.8 Å². The number of amides is 2. The Morgan fingerprint density at radius 3 is 2.42 bits per heavy atom. The monoisotopic (exact) mass is 507 g/mol. The van der Waals surface area contributed by atoms with Crippen molar-refractivity contribution in [2.75, 3.05) is 13.2 Å². The van der Waals surface area contributed by atoms with Crippen LogP contribution < -0.4 is 25.6 Å². The van der Waals surface area contributed by atoms with E-state index in [9.17, 15) is 9.59 Å². The third kappa shape index (κ3) is 8.94. The second kappa shape index (κ2) is 12.3. The summed E-state index contributed by atoms with van der Waals surface area (Å²) in [4.78, 5) is 24.2. The van der Waals surface area contributed by atoms with E-state index in [1.165, 1.54) is 0 Å². The number of thiocarbonyl (C=S) groups is 1. The van der Waals surface area contributed by atoms with Crippen molar-refractivity contribution in [2.24, 2.45) is 5.92 Å². The van der Waals surface area contributed by atoms with E-state index in [1.807, 2.05) is 19.1 Å². The van der Waals surface area contributed by atoms with Gasteiger partial charge in [0.25, 0.3) is 11.8 Å². The van der Waals surface area contributed by atoms with Crippen molar-refractivity contribution >= 4 is 45.1 Å². The van der Waals surface area contributed by atoms with E-state index in [4.69, 9.17) is 21.7 Å². The fraction of sp³-hybridized carbons (Fsp3) is 0.318. The summed E-state index contributed by atoms with van der Waals surface area (Å²) in [5, 5.41) is 2.47. The highest BCUT2D eigenvalue weighted by molar-refractivity contribution is 9.10. The lowest BCUT2D eigenvalue weighted by molar-refractivity contribution is -0.123. The number of halogens is 1. The highest BCUT2D eigenvalue weighted by atomic mass is 79.9. The molecule has 0 aliphatic rings. The smallest absolute Gasteiger partial charge is 0.276 e. The molecule has 0 unspecified atom stereocenters. The molecule has 0 saturated heterocycles. The van der Waals surface area contributed by atoms with E-state index in [2.05, 4.69) is 45.9 Å². The largest absolute Gasteiger partial charge is 0.494 e. The summed E-state index contributed by atoms with van der Waals surface area (Å²) in [6.45, 7) is 6.57. The average molecular weight is 508 g/mol. The first kappa shape index (κ1) is 24.6. The standard InChI is InChI=1S/C22H26BrN3O4S/c1-14(2)10-11-29-18-7-4-16(5-8-18)21(28)24-22(31)26-25-20(27)13-30-19-9-6-17(23)12-15(19)3/h4-9,12,14H,10-11,13H2,1-3H3,(H,25,27)(H2,24,26,28,31). The molecule has 2 aromatic carbocycles. The topological polar surface area (TPSA) is 88.7 Å². The Balaban J connectivity index is 1.72. The number of hydrazine groups is 1. The first-order valence-electron chi connectivity index (χ1n) is 9.76. The highest BCUT2D eigenvalue weighted by Crippen LogP contribution is 2.21. The van der Waals surface area contributed by atoms with Gasteiger partial charge in [0.05, 0.1) is 6.61 Å². The van der Waals surface area contributed by atoms with Gasteiger partial charge in [0.2, 0.25) is 0 Å². The molecule has 0 bridgehead atoms. The SMILES string of the molecule is Cc1cc(Br)ccc1OCC(=O)NNC(=S)NC(=O)c1ccc(OCCC(C)C)cc1. The van der Waals surface area contributed by atoms with Gasteiger partial charge in [0.1, 0.15) is 11.5 Å². The lowest BCUT2D eigenvalue weighted by atomic mass is 10.1. The molecule has 0 atom stereocenters. The number of hydrogen-bond donors (Lipinski definition) is 3. The van der Waals surface area contributed by atoms with Crippen molar-refractivity contribution in [2.45, 2.75) is 27.2 Å². The average Bonchev–Trinajstić information content (AvgIpc) is 2.72. The summed E-state index contributed by atoms with van der Waals surface area (Å²) in [5.74, 6) is 1.02. The summed E-state index contributed by atoms with van der Waals surface area (Å²) in [7, 11) is 0. The number of benzene rings is 2. The van der Waals surface area contributed by atoms with Crippen molar-refractivity contribution in [1.82, 2.24) is 16.2 Å². The molecule has 3 N–H and O–H groups in total. The maximum Gasteiger partial charge on any atom is 0.276 e. The van der Waals surface area contributed by atoms with Gasteiger partial charge in [-0.1, -0.05) is 29.8 Å². The normalized spacial score (nSPS) is 10.4. The molecular formula is C22H26BrN3O4S. The molecule has 7 nitrogen and oxygen atoms in total. The third-order valence-corrected chi connectivity index (χ3v) is 4.82. The minimum Gasteiger partial charge on any atom is -0.494 e. The lowest BCUT2D eigenvalue weighted by Gasteiger charge is -2.12. The van der Waals surface area contributed by atoms with E-state index in [0.717, 1.165) is 16.5 Å². The van der Waals surface area contributed by atoms with Gasteiger partial charge in [0.15, 0.2) is 11.7 Å². The van der Waals surface area contributed by atoms with Crippen molar-refractivity contribution in [3.63, 3.8) is 0 Å². The van der Waals surface area contributed by atoms with Crippen LogP contribution in [0.2, 0.25) is 0 Å². The molecule has 9 heteroatoms. The zero-order chi connectivity index (χ0) is 22.8. The molecule has 2 amide bonds. The first-order valence-corrected chi connectivity index (χ1v) is 11.0. The Morgan fingerprint density at radius 1 is 1.06 bits per heavy atom. The summed E-state index contributed by atoms with van der Waals surface area (Å²) >= 11 is 8.41. The third-order valence-electron chi connectivity index (χ3n) is 4.12. The molecule has 0 heterocycles. The molecule has 0 radical (unpaired) electrons. The second-order valence-electron chi connectivity index (χ2n) is 7.21. The van der Waals surface area contributed by atoms with Crippen molar-refractivity contribution in [3.05, 3.63) is 58.1 Å². The Bertz CT molecular complexity index is 919. The van der Waals surface area contributed by atoms with Crippen LogP contribution in [0.15, 0.2) is 46.9 Å². The molecule has 0 aliphatic heterocycles. The predicted molar refractivity (Wildman–Crippen MR) is 127 cm³/mol. The number of carbonyl (C=O) groups excluding carboxylic acids is 2. The summed E-state index contributed by atoms with van der Waals surface area (Å²) in [6, 6.07) is 12.2. The Morgan fingerprint density at radius 2 is 1.77 bits per heavy atom. The van der Waals surface area contributed by atoms with E-state index >= 15 is 0 Å². The Hall–Kier alpha value is -2.65. The van der Waals surface area contributed by atoms with Crippen LogP contribution in [0.4, 0.5) is 0 Å². The summed E-state index contributed by atoms with van der Waals surface area (Å²) < 4.78 is 12.0. The molecule has 31 heavy (non-hydrogen) atoms. The van der Waals surface area contributed by atoms with Gasteiger partial charge in [-0.3, -0.25) is 25.8 Å². The van der Waals surface area contributed by atoms with Gasteiger partial charge in [-0.05, 0) is 79.5 Å². The maximum absolute atomic E-state index is 12.3. The lowest BCUT2D eigenvalue weighted by Crippen LogP contribution is -2.49. The van der Waals surface area contributed by atoms with Crippen molar-refractivity contribution in [1.29, 1.82) is 0 Å². The number of rotatable bonds is 8. The fourth-order valence-corrected chi connectivity index (χ4v) is 3.02. The maximum atomic E-state index is 12.3. The first-order chi connectivity index (χ1) is 14.7. The van der Waals surface area contributed by atoms with Crippen LogP contribution in [0.1, 0.15) is 36.2 Å². The van der Waals surface area contributed by atoms with Crippen molar-refractivity contribution in [3.8, 4) is 11.5 Å². The van der Waals surface area contributed by atoms with Gasteiger partial charge in [-0.2, -0.15) is 0 Å². The molecule has 0 spiro atoms. The van der Waals surface area contributed by atoms with Gasteiger partial charge in [0, 0.05) is 10.0 Å². The number of hydrogen-bond acceptors (Lipinski definition) is 5. The number of carbonyl (C=O) groups is 2. The van der Waals surface area contributed by atoms with Gasteiger partial charge >= 0.3 is 0 Å². The zero-order valence-corrected chi connectivity index (χ0v) is 20.1. The quantitative estimate of drug-likeness (QED) is 0.371. The van der Waals surface area contributed by atoms with Crippen LogP contribution in [-0.4, -0.2) is 30.1 Å². The minimum atomic E-state index is -0.443. The van der Waals surface area contributed by atoms with Crippen LogP contribution in [0.5, 0.6) is 11.5 Å². The molecule has 0 fully saturated rings. The Kier molecular flexibility index (Phi) is 9.74. The van der Waals surface area contributed by atoms with Crippen LogP contribution in [0, 0.1) is 12.8 Å². The van der Waals surface area contributed by atoms with Gasteiger partial charge in [-0.15, -0.1) is 0 Å². The minimum absolute atomic E-state index is 0.0320. The Labute approximate surface area is 196 Å². The van der Waals surface area contributed by atoms with Crippen LogP contribution in [-0.2, 0) is 4.79 Å². The number of ether oxygens (including phenoxy) is 2. The molecule has 166 valence electrons. The molecule has 0 saturated carbocycles. The number of nitrogens with one attached hydrogen (secondary N) is 3. The predicted octanol–water partition coefficient (Wildman–Crippen LogP) is 3.90. The van der Waals surface area contributed by atoms with Gasteiger partial charge in [-0.25, -0.2) is 0 Å². The van der Waals surface area contributed by atoms with E-state index in [0.29, 0.717) is 29.6 Å².